The summed E-state index contributed by atoms with van der Waals surface area (Å²) in [5.74, 6) is 0.888. The molecule has 0 unspecified atom stereocenters. The number of aliphatic hydroxyl groups excluding tert-OH is 1. The number of aryl methyl sites for hydroxylation is 1. The van der Waals surface area contributed by atoms with Crippen LogP contribution in [-0.2, 0) is 19.6 Å². The van der Waals surface area contributed by atoms with Crippen LogP contribution >= 0.6 is 0 Å². The Balaban J connectivity index is 2.14. The number of hydrogen-bond acceptors (Lipinski definition) is 7. The average Bonchev–Trinajstić information content (AvgIpc) is 2.92. The van der Waals surface area contributed by atoms with E-state index in [1.165, 1.54) is 12.1 Å². The minimum atomic E-state index is -0.570. The van der Waals surface area contributed by atoms with Crippen molar-refractivity contribution in [1.29, 1.82) is 0 Å². The van der Waals surface area contributed by atoms with E-state index in [1.807, 2.05) is 6.92 Å². The maximum atomic E-state index is 10.9. The summed E-state index contributed by atoms with van der Waals surface area (Å²) >= 11 is 0. The van der Waals surface area contributed by atoms with Gasteiger partial charge in [0.25, 0.3) is 5.89 Å². The van der Waals surface area contributed by atoms with Gasteiger partial charge in [0.2, 0.25) is 0 Å². The zero-order chi connectivity index (χ0) is 14.5. The predicted octanol–water partition coefficient (Wildman–Crippen LogP) is 1.61. The Labute approximate surface area is 114 Å². The first kappa shape index (κ1) is 13.9. The molecule has 2 aromatic rings. The van der Waals surface area contributed by atoms with Crippen molar-refractivity contribution in [2.75, 3.05) is 0 Å². The highest BCUT2D eigenvalue weighted by Crippen LogP contribution is 2.28. The van der Waals surface area contributed by atoms with E-state index >= 15 is 0 Å². The molecule has 8 heteroatoms. The van der Waals surface area contributed by atoms with Gasteiger partial charge in [-0.05, 0) is 11.6 Å². The molecule has 20 heavy (non-hydrogen) atoms. The van der Waals surface area contributed by atoms with Gasteiger partial charge in [-0.15, -0.1) is 0 Å². The number of rotatable bonds is 6. The SMILES string of the molecule is CCc1noc(COc2ccc(CO)cc2[N+](=O)[O-])n1. The lowest BCUT2D eigenvalue weighted by atomic mass is 10.2. The van der Waals surface area contributed by atoms with Gasteiger partial charge in [0.1, 0.15) is 0 Å². The quantitative estimate of drug-likeness (QED) is 0.631. The number of nitrogens with zero attached hydrogens (tertiary/aromatic N) is 3. The fourth-order valence-corrected chi connectivity index (χ4v) is 1.56. The Kier molecular flexibility index (Phi) is 4.26. The predicted molar refractivity (Wildman–Crippen MR) is 67.0 cm³/mol. The maximum Gasteiger partial charge on any atom is 0.311 e. The van der Waals surface area contributed by atoms with Gasteiger partial charge in [-0.3, -0.25) is 10.1 Å². The van der Waals surface area contributed by atoms with E-state index < -0.39 is 4.92 Å². The van der Waals surface area contributed by atoms with Gasteiger partial charge in [0.05, 0.1) is 11.5 Å². The van der Waals surface area contributed by atoms with Gasteiger partial charge in [0.15, 0.2) is 18.2 Å². The van der Waals surface area contributed by atoms with Crippen molar-refractivity contribution in [1.82, 2.24) is 10.1 Å². The lowest BCUT2D eigenvalue weighted by Crippen LogP contribution is -2.00. The number of aromatic nitrogens is 2. The Morgan fingerprint density at radius 2 is 2.30 bits per heavy atom. The smallest absolute Gasteiger partial charge is 0.311 e. The fourth-order valence-electron chi connectivity index (χ4n) is 1.56. The van der Waals surface area contributed by atoms with Crippen molar-refractivity contribution in [2.24, 2.45) is 0 Å². The molecule has 1 aromatic heterocycles. The van der Waals surface area contributed by atoms with Crippen LogP contribution in [0.25, 0.3) is 0 Å². The summed E-state index contributed by atoms with van der Waals surface area (Å²) in [6.45, 7) is 1.56. The number of hydrogen-bond donors (Lipinski definition) is 1. The van der Waals surface area contributed by atoms with Crippen molar-refractivity contribution in [3.63, 3.8) is 0 Å². The number of ether oxygens (including phenoxy) is 1. The van der Waals surface area contributed by atoms with Gasteiger partial charge >= 0.3 is 5.69 Å². The molecule has 0 aliphatic heterocycles. The van der Waals surface area contributed by atoms with Crippen LogP contribution in [-0.4, -0.2) is 20.2 Å². The summed E-state index contributed by atoms with van der Waals surface area (Å²) in [7, 11) is 0. The molecule has 0 radical (unpaired) electrons. The molecule has 0 bridgehead atoms. The van der Waals surface area contributed by atoms with Crippen LogP contribution in [0.5, 0.6) is 5.75 Å². The monoisotopic (exact) mass is 279 g/mol. The van der Waals surface area contributed by atoms with E-state index in [9.17, 15) is 10.1 Å². The molecule has 0 spiro atoms. The van der Waals surface area contributed by atoms with Crippen LogP contribution in [0.3, 0.4) is 0 Å². The van der Waals surface area contributed by atoms with Crippen molar-refractivity contribution < 1.29 is 19.3 Å². The number of nitro benzene ring substituents is 1. The lowest BCUT2D eigenvalue weighted by Gasteiger charge is -2.05. The molecule has 0 saturated heterocycles. The molecule has 0 atom stereocenters. The van der Waals surface area contributed by atoms with E-state index in [4.69, 9.17) is 14.4 Å². The molecule has 0 amide bonds. The standard InChI is InChI=1S/C12H13N3O5/c1-2-11-13-12(20-14-11)7-19-10-4-3-8(6-16)5-9(10)15(17)18/h3-5,16H,2,6-7H2,1H3. The topological polar surface area (TPSA) is 112 Å². The van der Waals surface area contributed by atoms with E-state index in [2.05, 4.69) is 10.1 Å². The molecule has 0 fully saturated rings. The normalized spacial score (nSPS) is 10.5. The Bertz CT molecular complexity index is 611. The second-order valence-electron chi connectivity index (χ2n) is 3.96. The average molecular weight is 279 g/mol. The third kappa shape index (κ3) is 3.09. The van der Waals surface area contributed by atoms with Gasteiger partial charge in [-0.25, -0.2) is 0 Å². The Hall–Kier alpha value is -2.48. The van der Waals surface area contributed by atoms with Crippen LogP contribution in [0.4, 0.5) is 5.69 Å². The molecule has 2 rings (SSSR count). The highest BCUT2D eigenvalue weighted by molar-refractivity contribution is 5.48. The summed E-state index contributed by atoms with van der Waals surface area (Å²) in [6, 6.07) is 4.25. The van der Waals surface area contributed by atoms with Gasteiger partial charge < -0.3 is 14.4 Å². The van der Waals surface area contributed by atoms with Crippen LogP contribution in [0.1, 0.15) is 24.2 Å². The van der Waals surface area contributed by atoms with Crippen molar-refractivity contribution >= 4 is 5.69 Å². The molecule has 106 valence electrons. The van der Waals surface area contributed by atoms with E-state index in [-0.39, 0.29) is 30.5 Å². The molecule has 1 aromatic carbocycles. The van der Waals surface area contributed by atoms with Gasteiger partial charge in [-0.1, -0.05) is 18.1 Å². The van der Waals surface area contributed by atoms with Crippen molar-refractivity contribution in [2.45, 2.75) is 26.6 Å². The maximum absolute atomic E-state index is 10.9. The zero-order valence-electron chi connectivity index (χ0n) is 10.8. The summed E-state index contributed by atoms with van der Waals surface area (Å²) in [6.07, 6.45) is 0.634. The fraction of sp³-hybridized carbons (Fsp3) is 0.333. The van der Waals surface area contributed by atoms with E-state index in [0.717, 1.165) is 0 Å². The van der Waals surface area contributed by atoms with E-state index in [1.54, 1.807) is 6.07 Å². The third-order valence-electron chi connectivity index (χ3n) is 2.58. The van der Waals surface area contributed by atoms with E-state index in [0.29, 0.717) is 17.8 Å². The number of nitro groups is 1. The van der Waals surface area contributed by atoms with Crippen LogP contribution in [0.15, 0.2) is 22.7 Å². The highest BCUT2D eigenvalue weighted by Gasteiger charge is 2.17. The molecule has 1 heterocycles. The summed E-state index contributed by atoms with van der Waals surface area (Å²) in [4.78, 5) is 14.4. The second-order valence-corrected chi connectivity index (χ2v) is 3.96. The first-order chi connectivity index (χ1) is 9.63. The molecule has 0 aliphatic rings. The number of aliphatic hydroxyl groups is 1. The van der Waals surface area contributed by atoms with Crippen molar-refractivity contribution in [3.05, 3.63) is 45.6 Å². The van der Waals surface area contributed by atoms with Crippen molar-refractivity contribution in [3.8, 4) is 5.75 Å². The summed E-state index contributed by atoms with van der Waals surface area (Å²) in [5, 5.41) is 23.6. The Morgan fingerprint density at radius 1 is 1.50 bits per heavy atom. The lowest BCUT2D eigenvalue weighted by molar-refractivity contribution is -0.386. The molecular formula is C12H13N3O5. The first-order valence-corrected chi connectivity index (χ1v) is 5.96. The summed E-state index contributed by atoms with van der Waals surface area (Å²) in [5.41, 5.74) is 0.224. The largest absolute Gasteiger partial charge is 0.477 e. The van der Waals surface area contributed by atoms with Crippen LogP contribution in [0.2, 0.25) is 0 Å². The molecule has 1 N–H and O–H groups in total. The second kappa shape index (κ2) is 6.11. The zero-order valence-corrected chi connectivity index (χ0v) is 10.8. The Morgan fingerprint density at radius 3 is 2.90 bits per heavy atom. The summed E-state index contributed by atoms with van der Waals surface area (Å²) < 4.78 is 10.2. The molecule has 0 saturated carbocycles. The third-order valence-corrected chi connectivity index (χ3v) is 2.58. The minimum absolute atomic E-state index is 0.0493. The van der Waals surface area contributed by atoms with Gasteiger partial charge in [-0.2, -0.15) is 4.98 Å². The highest BCUT2D eigenvalue weighted by atomic mass is 16.6. The van der Waals surface area contributed by atoms with Gasteiger partial charge in [0, 0.05) is 12.5 Å². The molecular weight excluding hydrogens is 266 g/mol. The minimum Gasteiger partial charge on any atom is -0.477 e. The number of benzene rings is 1. The molecule has 0 aliphatic carbocycles. The first-order valence-electron chi connectivity index (χ1n) is 5.96. The van der Waals surface area contributed by atoms with Crippen LogP contribution < -0.4 is 4.74 Å². The molecule has 8 nitrogen and oxygen atoms in total. The van der Waals surface area contributed by atoms with Crippen LogP contribution in [0, 0.1) is 10.1 Å².